The predicted molar refractivity (Wildman–Crippen MR) is 121 cm³/mol. The molecule has 154 valence electrons. The van der Waals surface area contributed by atoms with Crippen molar-refractivity contribution >= 4 is 49.9 Å². The molecule has 3 heterocycles. The second-order valence-electron chi connectivity index (χ2n) is 6.67. The number of aryl methyl sites for hydroxylation is 1. The Morgan fingerprint density at radius 1 is 1.43 bits per heavy atom. The lowest BCUT2D eigenvalue weighted by Gasteiger charge is -2.09. The number of furan rings is 1. The average Bonchev–Trinajstić information content (AvgIpc) is 3.43. The van der Waals surface area contributed by atoms with Gasteiger partial charge in [-0.05, 0) is 59.3 Å². The second-order valence-corrected chi connectivity index (χ2v) is 9.50. The Labute approximate surface area is 190 Å². The summed E-state index contributed by atoms with van der Waals surface area (Å²) in [5.74, 6) is 1.13. The number of carbonyl (C=O) groups excluding carboxylic acids is 1. The van der Waals surface area contributed by atoms with Gasteiger partial charge in [0.1, 0.15) is 11.1 Å². The van der Waals surface area contributed by atoms with Gasteiger partial charge < -0.3 is 9.73 Å². The van der Waals surface area contributed by atoms with Gasteiger partial charge in [0.15, 0.2) is 15.6 Å². The molecule has 0 spiro atoms. The zero-order valence-corrected chi connectivity index (χ0v) is 19.2. The molecule has 0 atom stereocenters. The lowest BCUT2D eigenvalue weighted by molar-refractivity contribution is -0.113. The normalized spacial score (nSPS) is 12.9. The molecule has 3 aromatic heterocycles. The van der Waals surface area contributed by atoms with Crippen molar-refractivity contribution in [3.8, 4) is 17.7 Å². The zero-order valence-electron chi connectivity index (χ0n) is 16.0. The van der Waals surface area contributed by atoms with E-state index in [2.05, 4.69) is 44.1 Å². The number of carbonyl (C=O) groups is 1. The standard InChI is InChI=1S/C20H18BrN5O2S2/c1-2-9-26-18(14-7-8-16(21)28-14)24-25-20(26)29-11-17(27)23-19-13(10-22)12-5-3-4-6-15(12)30-19/h2,7-8H,1,3-6,9,11H2,(H,23,27). The van der Waals surface area contributed by atoms with E-state index in [1.807, 2.05) is 4.57 Å². The molecule has 0 saturated carbocycles. The van der Waals surface area contributed by atoms with E-state index in [4.69, 9.17) is 4.42 Å². The first-order valence-corrected chi connectivity index (χ1v) is 12.0. The summed E-state index contributed by atoms with van der Waals surface area (Å²) in [6, 6.07) is 5.86. The summed E-state index contributed by atoms with van der Waals surface area (Å²) in [5.41, 5.74) is 1.73. The highest BCUT2D eigenvalue weighted by Crippen LogP contribution is 2.37. The third-order valence-corrected chi connectivity index (χ3v) is 7.29. The number of allylic oxidation sites excluding steroid dienone is 1. The minimum Gasteiger partial charge on any atom is -0.446 e. The Morgan fingerprint density at radius 3 is 3.00 bits per heavy atom. The first-order valence-electron chi connectivity index (χ1n) is 9.37. The van der Waals surface area contributed by atoms with Gasteiger partial charge in [-0.1, -0.05) is 17.8 Å². The van der Waals surface area contributed by atoms with Gasteiger partial charge >= 0.3 is 0 Å². The molecule has 0 unspecified atom stereocenters. The van der Waals surface area contributed by atoms with E-state index in [0.717, 1.165) is 31.2 Å². The summed E-state index contributed by atoms with van der Waals surface area (Å²) >= 11 is 6.10. The molecule has 3 aromatic rings. The largest absolute Gasteiger partial charge is 0.446 e. The van der Waals surface area contributed by atoms with Gasteiger partial charge in [-0.25, -0.2) is 0 Å². The van der Waals surface area contributed by atoms with Crippen LogP contribution in [0.15, 0.2) is 39.0 Å². The molecule has 10 heteroatoms. The van der Waals surface area contributed by atoms with Crippen LogP contribution in [0.3, 0.4) is 0 Å². The number of nitrogens with one attached hydrogen (secondary N) is 1. The minimum atomic E-state index is -0.175. The number of hydrogen-bond acceptors (Lipinski definition) is 7. The fraction of sp³-hybridized carbons (Fsp3) is 0.300. The lowest BCUT2D eigenvalue weighted by atomic mass is 9.96. The fourth-order valence-electron chi connectivity index (χ4n) is 3.37. The van der Waals surface area contributed by atoms with Crippen LogP contribution in [0, 0.1) is 11.3 Å². The zero-order chi connectivity index (χ0) is 21.1. The van der Waals surface area contributed by atoms with Crippen LogP contribution >= 0.6 is 39.0 Å². The Hall–Kier alpha value is -2.35. The van der Waals surface area contributed by atoms with Crippen LogP contribution in [0.1, 0.15) is 28.8 Å². The van der Waals surface area contributed by atoms with Gasteiger partial charge in [0.05, 0.1) is 11.3 Å². The van der Waals surface area contributed by atoms with Crippen molar-refractivity contribution < 1.29 is 9.21 Å². The molecule has 30 heavy (non-hydrogen) atoms. The minimum absolute atomic E-state index is 0.157. The molecular weight excluding hydrogens is 486 g/mol. The molecule has 0 aliphatic heterocycles. The number of hydrogen-bond donors (Lipinski definition) is 1. The van der Waals surface area contributed by atoms with E-state index < -0.39 is 0 Å². The van der Waals surface area contributed by atoms with Crippen LogP contribution in [0.5, 0.6) is 0 Å². The Balaban J connectivity index is 1.47. The Morgan fingerprint density at radius 2 is 2.27 bits per heavy atom. The highest BCUT2D eigenvalue weighted by molar-refractivity contribution is 9.10. The van der Waals surface area contributed by atoms with Crippen LogP contribution < -0.4 is 5.32 Å². The monoisotopic (exact) mass is 503 g/mol. The van der Waals surface area contributed by atoms with Gasteiger partial charge in [0, 0.05) is 11.4 Å². The van der Waals surface area contributed by atoms with Gasteiger partial charge in [-0.15, -0.1) is 28.1 Å². The molecule has 0 aromatic carbocycles. The number of amides is 1. The summed E-state index contributed by atoms with van der Waals surface area (Å²) in [6.45, 7) is 4.27. The Bertz CT molecular complexity index is 1140. The number of rotatable bonds is 7. The number of aromatic nitrogens is 3. The van der Waals surface area contributed by atoms with Gasteiger partial charge in [0.2, 0.25) is 11.7 Å². The summed E-state index contributed by atoms with van der Waals surface area (Å²) in [7, 11) is 0. The summed E-state index contributed by atoms with van der Waals surface area (Å²) in [6.07, 6.45) is 5.86. The number of thiophene rings is 1. The number of fused-ring (bicyclic) bond motifs is 1. The van der Waals surface area contributed by atoms with Gasteiger partial charge in [-0.3, -0.25) is 9.36 Å². The van der Waals surface area contributed by atoms with E-state index in [1.165, 1.54) is 28.0 Å². The molecule has 1 N–H and O–H groups in total. The third kappa shape index (κ3) is 4.24. The van der Waals surface area contributed by atoms with Gasteiger partial charge in [0.25, 0.3) is 0 Å². The van der Waals surface area contributed by atoms with Crippen LogP contribution in [0.2, 0.25) is 0 Å². The van der Waals surface area contributed by atoms with Gasteiger partial charge in [-0.2, -0.15) is 5.26 Å². The lowest BCUT2D eigenvalue weighted by Crippen LogP contribution is -2.14. The maximum Gasteiger partial charge on any atom is 0.235 e. The van der Waals surface area contributed by atoms with Crippen molar-refractivity contribution in [2.75, 3.05) is 11.1 Å². The van der Waals surface area contributed by atoms with E-state index in [9.17, 15) is 10.1 Å². The maximum atomic E-state index is 12.6. The van der Waals surface area contributed by atoms with Crippen molar-refractivity contribution in [1.82, 2.24) is 14.8 Å². The quantitative estimate of drug-likeness (QED) is 0.358. The summed E-state index contributed by atoms with van der Waals surface area (Å²) < 4.78 is 8.03. The van der Waals surface area contributed by atoms with Crippen molar-refractivity contribution in [2.45, 2.75) is 37.4 Å². The smallest absolute Gasteiger partial charge is 0.235 e. The molecule has 1 aliphatic rings. The average molecular weight is 504 g/mol. The number of nitrogens with zero attached hydrogens (tertiary/aromatic N) is 4. The van der Waals surface area contributed by atoms with Crippen molar-refractivity contribution in [3.63, 3.8) is 0 Å². The third-order valence-electron chi connectivity index (χ3n) is 4.69. The molecule has 0 saturated heterocycles. The highest BCUT2D eigenvalue weighted by atomic mass is 79.9. The molecule has 4 rings (SSSR count). The first kappa shape index (κ1) is 20.9. The fourth-order valence-corrected chi connectivity index (χ4v) is 5.68. The maximum absolute atomic E-state index is 12.6. The number of nitriles is 1. The van der Waals surface area contributed by atoms with E-state index in [1.54, 1.807) is 18.2 Å². The second kappa shape index (κ2) is 9.20. The van der Waals surface area contributed by atoms with Crippen molar-refractivity contribution in [3.05, 3.63) is 45.5 Å². The Kier molecular flexibility index (Phi) is 6.41. The van der Waals surface area contributed by atoms with E-state index in [-0.39, 0.29) is 11.7 Å². The number of anilines is 1. The van der Waals surface area contributed by atoms with Crippen molar-refractivity contribution in [2.24, 2.45) is 0 Å². The first-order chi connectivity index (χ1) is 14.6. The summed E-state index contributed by atoms with van der Waals surface area (Å²) in [4.78, 5) is 13.8. The summed E-state index contributed by atoms with van der Waals surface area (Å²) in [5, 5.41) is 22.1. The van der Waals surface area contributed by atoms with E-state index in [0.29, 0.717) is 38.5 Å². The molecule has 7 nitrogen and oxygen atoms in total. The SMILES string of the molecule is C=CCn1c(SCC(=O)Nc2sc3c(c2C#N)CCCC3)nnc1-c1ccc(Br)o1. The topological polar surface area (TPSA) is 96.7 Å². The van der Waals surface area contributed by atoms with Crippen LogP contribution in [0.4, 0.5) is 5.00 Å². The van der Waals surface area contributed by atoms with Crippen LogP contribution in [-0.2, 0) is 24.2 Å². The molecule has 0 bridgehead atoms. The van der Waals surface area contributed by atoms with Crippen LogP contribution in [-0.4, -0.2) is 26.4 Å². The predicted octanol–water partition coefficient (Wildman–Crippen LogP) is 5.03. The molecule has 0 radical (unpaired) electrons. The van der Waals surface area contributed by atoms with Crippen molar-refractivity contribution in [1.29, 1.82) is 5.26 Å². The molecule has 1 amide bonds. The van der Waals surface area contributed by atoms with Crippen LogP contribution in [0.25, 0.3) is 11.6 Å². The molecule has 0 fully saturated rings. The highest BCUT2D eigenvalue weighted by Gasteiger charge is 2.22. The van der Waals surface area contributed by atoms with E-state index >= 15 is 0 Å². The molecule has 1 aliphatic carbocycles. The molecular formula is C20H18BrN5O2S2. The number of thioether (sulfide) groups is 1. The number of halogens is 1.